The number of hydrogen-bond acceptors (Lipinski definition) is 5. The molecule has 0 radical (unpaired) electrons. The third-order valence-electron chi connectivity index (χ3n) is 4.90. The van der Waals surface area contributed by atoms with Gasteiger partial charge in [0.1, 0.15) is 15.5 Å². The van der Waals surface area contributed by atoms with Gasteiger partial charge < -0.3 is 9.64 Å². The van der Waals surface area contributed by atoms with E-state index in [1.54, 1.807) is 0 Å². The summed E-state index contributed by atoms with van der Waals surface area (Å²) in [5.41, 5.74) is 2.91. The van der Waals surface area contributed by atoms with Crippen molar-refractivity contribution >= 4 is 33.2 Å². The van der Waals surface area contributed by atoms with E-state index in [-0.39, 0.29) is 5.97 Å². The first-order valence-corrected chi connectivity index (χ1v) is 10.5. The van der Waals surface area contributed by atoms with Gasteiger partial charge in [-0.3, -0.25) is 0 Å². The smallest absolute Gasteiger partial charge is 0.353 e. The summed E-state index contributed by atoms with van der Waals surface area (Å²) in [5.74, 6) is 0.208. The lowest BCUT2D eigenvalue weighted by Crippen LogP contribution is -2.21. The first-order valence-electron chi connectivity index (χ1n) is 9.72. The third-order valence-corrected chi connectivity index (χ3v) is 5.99. The Hall–Kier alpha value is -3.12. The molecule has 2 aromatic heterocycles. The molecular weight excluding hydrogens is 382 g/mol. The topological polar surface area (TPSA) is 47.4 Å². The fraction of sp³-hybridized carbons (Fsp3) is 0.217. The van der Waals surface area contributed by atoms with E-state index in [1.165, 1.54) is 11.3 Å². The Kier molecular flexibility index (Phi) is 5.36. The summed E-state index contributed by atoms with van der Waals surface area (Å²) in [4.78, 5) is 16.5. The average molecular weight is 406 g/mol. The van der Waals surface area contributed by atoms with E-state index >= 15 is 0 Å². The molecule has 4 rings (SSSR count). The molecule has 4 aromatic rings. The summed E-state index contributed by atoms with van der Waals surface area (Å²) in [6.07, 6.45) is 0. The van der Waals surface area contributed by atoms with Gasteiger partial charge in [0.2, 0.25) is 0 Å². The number of thiophene rings is 1. The van der Waals surface area contributed by atoms with Gasteiger partial charge in [-0.25, -0.2) is 9.48 Å². The quantitative estimate of drug-likeness (QED) is 0.316. The van der Waals surface area contributed by atoms with Crippen LogP contribution < -0.4 is 9.64 Å². The SMILES string of the molecule is CCN(CC)c1cccc(OC(=O)c2cc3c(C)nn(-c4ccccc4)c3s2)c1. The molecule has 0 spiro atoms. The molecule has 0 saturated heterocycles. The molecule has 0 unspecified atom stereocenters. The first-order chi connectivity index (χ1) is 14.1. The van der Waals surface area contributed by atoms with Gasteiger partial charge in [0, 0.05) is 30.2 Å². The Balaban J connectivity index is 1.62. The lowest BCUT2D eigenvalue weighted by atomic mass is 10.2. The molecule has 0 bridgehead atoms. The van der Waals surface area contributed by atoms with E-state index in [0.717, 1.165) is 40.4 Å². The van der Waals surface area contributed by atoms with Crippen LogP contribution in [-0.4, -0.2) is 28.8 Å². The fourth-order valence-corrected chi connectivity index (χ4v) is 4.44. The highest BCUT2D eigenvalue weighted by molar-refractivity contribution is 7.20. The van der Waals surface area contributed by atoms with Crippen LogP contribution in [0.15, 0.2) is 60.7 Å². The Morgan fingerprint density at radius 1 is 1.07 bits per heavy atom. The van der Waals surface area contributed by atoms with Gasteiger partial charge in [-0.15, -0.1) is 11.3 Å². The number of rotatable bonds is 6. The summed E-state index contributed by atoms with van der Waals surface area (Å²) in [7, 11) is 0. The molecule has 0 aliphatic rings. The van der Waals surface area contributed by atoms with Crippen molar-refractivity contribution in [2.75, 3.05) is 18.0 Å². The minimum atomic E-state index is -0.345. The number of benzene rings is 2. The molecule has 0 saturated carbocycles. The standard InChI is InChI=1S/C23H23N3O2S/c1-4-25(5-2)18-12-9-13-19(14-18)28-23(27)21-15-20-16(3)24-26(22(20)29-21)17-10-7-6-8-11-17/h6-15H,4-5H2,1-3H3. The summed E-state index contributed by atoms with van der Waals surface area (Å²) >= 11 is 1.40. The maximum absolute atomic E-state index is 12.8. The van der Waals surface area contributed by atoms with Gasteiger partial charge in [0.25, 0.3) is 0 Å². The largest absolute Gasteiger partial charge is 0.422 e. The number of aromatic nitrogens is 2. The second-order valence-corrected chi connectivity index (χ2v) is 7.75. The van der Waals surface area contributed by atoms with Crippen LogP contribution in [0.4, 0.5) is 5.69 Å². The van der Waals surface area contributed by atoms with E-state index in [9.17, 15) is 4.79 Å². The number of carbonyl (C=O) groups is 1. The molecule has 0 amide bonds. The normalized spacial score (nSPS) is 11.0. The van der Waals surface area contributed by atoms with Crippen LogP contribution in [0.5, 0.6) is 5.75 Å². The van der Waals surface area contributed by atoms with Crippen LogP contribution >= 0.6 is 11.3 Å². The molecular formula is C23H23N3O2S. The Morgan fingerprint density at radius 2 is 1.83 bits per heavy atom. The lowest BCUT2D eigenvalue weighted by molar-refractivity contribution is 0.0740. The van der Waals surface area contributed by atoms with E-state index in [2.05, 4.69) is 23.8 Å². The summed E-state index contributed by atoms with van der Waals surface area (Å²) in [6.45, 7) is 7.98. The number of aryl methyl sites for hydroxylation is 1. The predicted octanol–water partition coefficient (Wildman–Crippen LogP) is 5.46. The third kappa shape index (κ3) is 3.76. The van der Waals surface area contributed by atoms with Gasteiger partial charge in [-0.1, -0.05) is 24.3 Å². The van der Waals surface area contributed by atoms with Crippen LogP contribution in [0.2, 0.25) is 0 Å². The van der Waals surface area contributed by atoms with E-state index in [1.807, 2.05) is 72.3 Å². The zero-order valence-corrected chi connectivity index (χ0v) is 17.6. The second-order valence-electron chi connectivity index (χ2n) is 6.72. The van der Waals surface area contributed by atoms with E-state index < -0.39 is 0 Å². The van der Waals surface area contributed by atoms with E-state index in [0.29, 0.717) is 10.6 Å². The fourth-order valence-electron chi connectivity index (χ4n) is 3.38. The molecule has 5 nitrogen and oxygen atoms in total. The number of ether oxygens (including phenoxy) is 1. The van der Waals surface area contributed by atoms with Crippen molar-refractivity contribution in [3.8, 4) is 11.4 Å². The molecule has 0 aliphatic carbocycles. The number of nitrogens with zero attached hydrogens (tertiary/aromatic N) is 3. The lowest BCUT2D eigenvalue weighted by Gasteiger charge is -2.21. The van der Waals surface area contributed by atoms with Crippen molar-refractivity contribution in [2.45, 2.75) is 20.8 Å². The number of fused-ring (bicyclic) bond motifs is 1. The number of carbonyl (C=O) groups excluding carboxylic acids is 1. The minimum absolute atomic E-state index is 0.345. The monoisotopic (exact) mass is 405 g/mol. The van der Waals surface area contributed by atoms with Crippen molar-refractivity contribution in [1.82, 2.24) is 9.78 Å². The van der Waals surface area contributed by atoms with Crippen molar-refractivity contribution in [2.24, 2.45) is 0 Å². The highest BCUT2D eigenvalue weighted by Crippen LogP contribution is 2.31. The minimum Gasteiger partial charge on any atom is -0.422 e. The van der Waals surface area contributed by atoms with Crippen molar-refractivity contribution < 1.29 is 9.53 Å². The molecule has 2 heterocycles. The second kappa shape index (κ2) is 8.09. The van der Waals surface area contributed by atoms with Crippen molar-refractivity contribution in [1.29, 1.82) is 0 Å². The molecule has 29 heavy (non-hydrogen) atoms. The maximum Gasteiger partial charge on any atom is 0.353 e. The Labute approximate surface area is 174 Å². The molecule has 2 aromatic carbocycles. The number of esters is 1. The summed E-state index contributed by atoms with van der Waals surface area (Å²) in [6, 6.07) is 19.5. The summed E-state index contributed by atoms with van der Waals surface area (Å²) < 4.78 is 7.56. The molecule has 0 N–H and O–H groups in total. The van der Waals surface area contributed by atoms with Crippen LogP contribution in [0.25, 0.3) is 15.9 Å². The zero-order valence-electron chi connectivity index (χ0n) is 16.8. The average Bonchev–Trinajstić information content (AvgIpc) is 3.31. The molecule has 148 valence electrons. The van der Waals surface area contributed by atoms with Crippen LogP contribution in [0.3, 0.4) is 0 Å². The highest BCUT2D eigenvalue weighted by Gasteiger charge is 2.19. The molecule has 6 heteroatoms. The van der Waals surface area contributed by atoms with Gasteiger partial charge >= 0.3 is 5.97 Å². The van der Waals surface area contributed by atoms with Gasteiger partial charge in [0.05, 0.1) is 11.4 Å². The van der Waals surface area contributed by atoms with Crippen molar-refractivity contribution in [3.05, 3.63) is 71.2 Å². The summed E-state index contributed by atoms with van der Waals surface area (Å²) in [5, 5.41) is 5.60. The Bertz CT molecular complexity index is 1140. The van der Waals surface area contributed by atoms with Crippen LogP contribution in [-0.2, 0) is 0 Å². The number of para-hydroxylation sites is 1. The van der Waals surface area contributed by atoms with Crippen LogP contribution in [0, 0.1) is 6.92 Å². The predicted molar refractivity (Wildman–Crippen MR) is 119 cm³/mol. The van der Waals surface area contributed by atoms with E-state index in [4.69, 9.17) is 4.74 Å². The Morgan fingerprint density at radius 3 is 2.55 bits per heavy atom. The van der Waals surface area contributed by atoms with Crippen molar-refractivity contribution in [3.63, 3.8) is 0 Å². The molecule has 0 fully saturated rings. The molecule has 0 atom stereocenters. The zero-order chi connectivity index (χ0) is 20.4. The van der Waals surface area contributed by atoms with Gasteiger partial charge in [-0.05, 0) is 51.1 Å². The maximum atomic E-state index is 12.8. The van der Waals surface area contributed by atoms with Gasteiger partial charge in [0.15, 0.2) is 0 Å². The first kappa shape index (κ1) is 19.2. The number of hydrogen-bond donors (Lipinski definition) is 0. The molecule has 0 aliphatic heterocycles. The van der Waals surface area contributed by atoms with Gasteiger partial charge in [-0.2, -0.15) is 5.10 Å². The van der Waals surface area contributed by atoms with Crippen LogP contribution in [0.1, 0.15) is 29.2 Å². The highest BCUT2D eigenvalue weighted by atomic mass is 32.1. The number of anilines is 1.